The lowest BCUT2D eigenvalue weighted by molar-refractivity contribution is -0.150. The third-order valence-corrected chi connectivity index (χ3v) is 7.88. The zero-order valence-corrected chi connectivity index (χ0v) is 27.8. The summed E-state index contributed by atoms with van der Waals surface area (Å²) in [5.74, 6) is -0.811. The molecule has 0 aromatic heterocycles. The van der Waals surface area contributed by atoms with Gasteiger partial charge >= 0.3 is 11.9 Å². The first-order valence-corrected chi connectivity index (χ1v) is 18.0. The first-order chi connectivity index (χ1) is 20.6. The molecule has 0 rings (SSSR count). The van der Waals surface area contributed by atoms with Gasteiger partial charge in [-0.05, 0) is 70.6 Å². The van der Waals surface area contributed by atoms with Crippen molar-refractivity contribution in [2.45, 2.75) is 193 Å². The number of esters is 1. The Morgan fingerprint density at radius 1 is 0.548 bits per heavy atom. The summed E-state index contributed by atoms with van der Waals surface area (Å²) in [6.07, 6.45) is 42.9. The van der Waals surface area contributed by atoms with Gasteiger partial charge in [0.1, 0.15) is 6.10 Å². The van der Waals surface area contributed by atoms with E-state index in [4.69, 9.17) is 9.84 Å². The Kier molecular flexibility index (Phi) is 32.2. The largest absolute Gasteiger partial charge is 0.481 e. The van der Waals surface area contributed by atoms with E-state index in [1.807, 2.05) is 0 Å². The summed E-state index contributed by atoms with van der Waals surface area (Å²) in [5, 5.41) is 8.91. The molecular formula is C38H68O4. The second-order valence-corrected chi connectivity index (χ2v) is 12.0. The van der Waals surface area contributed by atoms with Crippen LogP contribution in [-0.4, -0.2) is 23.1 Å². The van der Waals surface area contributed by atoms with Crippen molar-refractivity contribution in [3.63, 3.8) is 0 Å². The van der Waals surface area contributed by atoms with E-state index in [0.29, 0.717) is 12.8 Å². The third kappa shape index (κ3) is 32.7. The van der Waals surface area contributed by atoms with Crippen molar-refractivity contribution in [2.75, 3.05) is 0 Å². The summed E-state index contributed by atoms with van der Waals surface area (Å²) in [6.45, 7) is 4.42. The molecule has 1 unspecified atom stereocenters. The first kappa shape index (κ1) is 40.2. The number of unbranched alkanes of at least 4 members (excludes halogenated alkanes) is 17. The van der Waals surface area contributed by atoms with E-state index in [-0.39, 0.29) is 18.5 Å². The zero-order valence-electron chi connectivity index (χ0n) is 27.8. The van der Waals surface area contributed by atoms with E-state index in [1.165, 1.54) is 96.3 Å². The highest BCUT2D eigenvalue weighted by molar-refractivity contribution is 5.69. The highest BCUT2D eigenvalue weighted by Gasteiger charge is 2.14. The Hall–Kier alpha value is -1.84. The van der Waals surface area contributed by atoms with Crippen LogP contribution in [0.2, 0.25) is 0 Å². The molecule has 4 nitrogen and oxygen atoms in total. The van der Waals surface area contributed by atoms with E-state index in [0.717, 1.165) is 57.8 Å². The molecule has 0 aliphatic carbocycles. The van der Waals surface area contributed by atoms with Crippen LogP contribution in [0.3, 0.4) is 0 Å². The van der Waals surface area contributed by atoms with E-state index in [1.54, 1.807) is 0 Å². The quantitative estimate of drug-likeness (QED) is 0.0482. The highest BCUT2D eigenvalue weighted by Crippen LogP contribution is 2.18. The maximum absolute atomic E-state index is 12.5. The Morgan fingerprint density at radius 3 is 1.57 bits per heavy atom. The molecular weight excluding hydrogens is 520 g/mol. The van der Waals surface area contributed by atoms with Crippen LogP contribution >= 0.6 is 0 Å². The number of carbonyl (C=O) groups is 2. The summed E-state index contributed by atoms with van der Waals surface area (Å²) < 4.78 is 5.87. The molecule has 4 heteroatoms. The Labute approximate surface area is 260 Å². The monoisotopic (exact) mass is 589 g/mol. The van der Waals surface area contributed by atoms with Gasteiger partial charge in [0.25, 0.3) is 0 Å². The van der Waals surface area contributed by atoms with Crippen LogP contribution in [0.5, 0.6) is 0 Å². The smallest absolute Gasteiger partial charge is 0.306 e. The number of carboxylic acid groups (broad SMARTS) is 1. The number of hydrogen-bond donors (Lipinski definition) is 1. The summed E-state index contributed by atoms with van der Waals surface area (Å²) >= 11 is 0. The molecule has 1 N–H and O–H groups in total. The van der Waals surface area contributed by atoms with Crippen molar-refractivity contribution in [3.8, 4) is 0 Å². The summed E-state index contributed by atoms with van der Waals surface area (Å²) in [6, 6.07) is 0. The zero-order chi connectivity index (χ0) is 30.8. The van der Waals surface area contributed by atoms with Gasteiger partial charge in [-0.25, -0.2) is 0 Å². The lowest BCUT2D eigenvalue weighted by Crippen LogP contribution is -2.18. The molecule has 0 aromatic carbocycles. The van der Waals surface area contributed by atoms with Crippen molar-refractivity contribution in [1.29, 1.82) is 0 Å². The van der Waals surface area contributed by atoms with Crippen LogP contribution in [0.25, 0.3) is 0 Å². The molecule has 42 heavy (non-hydrogen) atoms. The molecule has 0 amide bonds. The standard InChI is InChI=1S/C38H68O4/c1-3-5-7-9-11-13-15-16-17-18-19-20-21-23-25-27-29-35-38(41)42-36(33-30-31-34-37(39)40)32-28-26-24-22-14-12-10-8-6-4-2/h5,7,11,13,16-17,36H,3-4,6,8-10,12,14-15,18-35H2,1-2H3,(H,39,40)/b7-5-,13-11-,17-16-. The van der Waals surface area contributed by atoms with Gasteiger partial charge in [-0.1, -0.05) is 140 Å². The third-order valence-electron chi connectivity index (χ3n) is 7.88. The van der Waals surface area contributed by atoms with Gasteiger partial charge < -0.3 is 9.84 Å². The van der Waals surface area contributed by atoms with Gasteiger partial charge in [-0.15, -0.1) is 0 Å². The van der Waals surface area contributed by atoms with Gasteiger partial charge in [-0.2, -0.15) is 0 Å². The number of ether oxygens (including phenoxy) is 1. The van der Waals surface area contributed by atoms with E-state index in [9.17, 15) is 9.59 Å². The van der Waals surface area contributed by atoms with Crippen molar-refractivity contribution in [2.24, 2.45) is 0 Å². The second kappa shape index (κ2) is 33.7. The lowest BCUT2D eigenvalue weighted by Gasteiger charge is -2.18. The summed E-state index contributed by atoms with van der Waals surface area (Å²) in [5.41, 5.74) is 0. The number of hydrogen-bond acceptors (Lipinski definition) is 3. The van der Waals surface area contributed by atoms with Crippen LogP contribution < -0.4 is 0 Å². The molecule has 0 aliphatic heterocycles. The molecule has 0 aliphatic rings. The molecule has 0 saturated heterocycles. The van der Waals surface area contributed by atoms with E-state index in [2.05, 4.69) is 50.3 Å². The summed E-state index contributed by atoms with van der Waals surface area (Å²) in [4.78, 5) is 23.3. The van der Waals surface area contributed by atoms with Gasteiger partial charge in [-0.3, -0.25) is 9.59 Å². The Balaban J connectivity index is 3.89. The average molecular weight is 589 g/mol. The van der Waals surface area contributed by atoms with Crippen LogP contribution in [-0.2, 0) is 14.3 Å². The van der Waals surface area contributed by atoms with Crippen LogP contribution in [0, 0.1) is 0 Å². The molecule has 0 radical (unpaired) electrons. The van der Waals surface area contributed by atoms with Gasteiger partial charge in [0.15, 0.2) is 0 Å². The predicted molar refractivity (Wildman–Crippen MR) is 181 cm³/mol. The van der Waals surface area contributed by atoms with Crippen molar-refractivity contribution >= 4 is 11.9 Å². The predicted octanol–water partition coefficient (Wildman–Crippen LogP) is 12.2. The van der Waals surface area contributed by atoms with Crippen LogP contribution in [0.4, 0.5) is 0 Å². The molecule has 0 saturated carbocycles. The van der Waals surface area contributed by atoms with Gasteiger partial charge in [0.05, 0.1) is 0 Å². The number of rotatable bonds is 32. The van der Waals surface area contributed by atoms with Gasteiger partial charge in [0, 0.05) is 12.8 Å². The topological polar surface area (TPSA) is 63.6 Å². The molecule has 0 heterocycles. The maximum atomic E-state index is 12.5. The maximum Gasteiger partial charge on any atom is 0.306 e. The highest BCUT2D eigenvalue weighted by atomic mass is 16.5. The molecule has 0 spiro atoms. The molecule has 1 atom stereocenters. The van der Waals surface area contributed by atoms with Crippen molar-refractivity contribution in [1.82, 2.24) is 0 Å². The van der Waals surface area contributed by atoms with Crippen LogP contribution in [0.15, 0.2) is 36.5 Å². The van der Waals surface area contributed by atoms with E-state index >= 15 is 0 Å². The van der Waals surface area contributed by atoms with Crippen molar-refractivity contribution < 1.29 is 19.4 Å². The minimum atomic E-state index is -0.746. The normalized spacial score (nSPS) is 12.6. The molecule has 0 bridgehead atoms. The van der Waals surface area contributed by atoms with Gasteiger partial charge in [0.2, 0.25) is 0 Å². The van der Waals surface area contributed by atoms with E-state index < -0.39 is 5.97 Å². The minimum absolute atomic E-state index is 0.0478. The fraction of sp³-hybridized carbons (Fsp3) is 0.789. The fourth-order valence-electron chi connectivity index (χ4n) is 5.26. The molecule has 0 fully saturated rings. The number of allylic oxidation sites excluding steroid dienone is 6. The Morgan fingerprint density at radius 2 is 1.00 bits per heavy atom. The van der Waals surface area contributed by atoms with Crippen molar-refractivity contribution in [3.05, 3.63) is 36.5 Å². The molecule has 244 valence electrons. The minimum Gasteiger partial charge on any atom is -0.481 e. The average Bonchev–Trinajstić information content (AvgIpc) is 2.97. The lowest BCUT2D eigenvalue weighted by atomic mass is 10.0. The van der Waals surface area contributed by atoms with Crippen LogP contribution in [0.1, 0.15) is 187 Å². The Bertz CT molecular complexity index is 679. The summed E-state index contributed by atoms with van der Waals surface area (Å²) in [7, 11) is 0. The number of carboxylic acids is 1. The number of aliphatic carboxylic acids is 1. The fourth-order valence-corrected chi connectivity index (χ4v) is 5.26. The number of carbonyl (C=O) groups excluding carboxylic acids is 1. The SMILES string of the molecule is CC/C=C\C/C=C\C/C=C\CCCCCCCCCC(=O)OC(CCCCCCCCCCCC)CCCCC(=O)O. The first-order valence-electron chi connectivity index (χ1n) is 18.0. The second-order valence-electron chi connectivity index (χ2n) is 12.0. The molecule has 0 aromatic rings.